The lowest BCUT2D eigenvalue weighted by Gasteiger charge is -1.96. The lowest BCUT2D eigenvalue weighted by atomic mass is 10.3. The smallest absolute Gasteiger partial charge is 0.266 e. The minimum absolute atomic E-state index is 0. The Labute approximate surface area is 74.4 Å². The number of hydrazine groups is 1. The number of hydrogen-bond acceptors (Lipinski definition) is 3. The molecule has 1 heterocycles. The Kier molecular flexibility index (Phi) is 4.17. The number of rotatable bonds is 1. The molecule has 0 bridgehead atoms. The third-order valence-corrected chi connectivity index (χ3v) is 1.12. The fourth-order valence-corrected chi connectivity index (χ4v) is 0.593. The summed E-state index contributed by atoms with van der Waals surface area (Å²) in [5, 5.41) is 0. The van der Waals surface area contributed by atoms with Crippen molar-refractivity contribution in [2.24, 2.45) is 5.84 Å². The summed E-state index contributed by atoms with van der Waals surface area (Å²) >= 11 is 0. The first-order valence-corrected chi connectivity index (χ1v) is 2.86. The van der Waals surface area contributed by atoms with Gasteiger partial charge in [0.25, 0.3) is 5.91 Å². The third kappa shape index (κ3) is 2.44. The van der Waals surface area contributed by atoms with E-state index in [4.69, 9.17) is 5.84 Å². The molecule has 0 atom stereocenters. The maximum atomic E-state index is 12.2. The molecule has 1 amide bonds. The van der Waals surface area contributed by atoms with E-state index in [1.54, 1.807) is 0 Å². The second-order valence-electron chi connectivity index (χ2n) is 1.84. The van der Waals surface area contributed by atoms with Crippen LogP contribution in [-0.2, 0) is 0 Å². The zero-order valence-corrected chi connectivity index (χ0v) is 6.77. The van der Waals surface area contributed by atoms with E-state index in [2.05, 4.69) is 4.98 Å². The highest BCUT2D eigenvalue weighted by Crippen LogP contribution is 1.97. The average molecular weight is 192 g/mol. The van der Waals surface area contributed by atoms with Crippen LogP contribution in [0.1, 0.15) is 10.4 Å². The Morgan fingerprint density at radius 2 is 2.25 bits per heavy atom. The lowest BCUT2D eigenvalue weighted by molar-refractivity contribution is 0.0953. The van der Waals surface area contributed by atoms with Gasteiger partial charge in [0.05, 0.1) is 5.56 Å². The third-order valence-electron chi connectivity index (χ3n) is 1.12. The van der Waals surface area contributed by atoms with Crippen LogP contribution in [0, 0.1) is 5.95 Å². The first-order valence-electron chi connectivity index (χ1n) is 2.86. The molecule has 0 aliphatic heterocycles. The van der Waals surface area contributed by atoms with Crippen molar-refractivity contribution in [3.8, 4) is 0 Å². The van der Waals surface area contributed by atoms with Gasteiger partial charge in [0.1, 0.15) is 0 Å². The van der Waals surface area contributed by atoms with Gasteiger partial charge < -0.3 is 0 Å². The van der Waals surface area contributed by atoms with Crippen LogP contribution in [0.15, 0.2) is 18.3 Å². The molecule has 4 nitrogen and oxygen atoms in total. The van der Waals surface area contributed by atoms with Crippen molar-refractivity contribution >= 4 is 18.3 Å². The van der Waals surface area contributed by atoms with Crippen LogP contribution >= 0.6 is 12.4 Å². The van der Waals surface area contributed by atoms with E-state index in [0.717, 1.165) is 12.3 Å². The standard InChI is InChI=1S/C6H6FN3O.ClH/c7-5-2-1-4(3-9-5)6(11)10-8;/h1-3H,8H2,(H,10,11);1H. The number of nitrogens with zero attached hydrogens (tertiary/aromatic N) is 1. The number of carbonyl (C=O) groups excluding carboxylic acids is 1. The van der Waals surface area contributed by atoms with E-state index >= 15 is 0 Å². The molecule has 12 heavy (non-hydrogen) atoms. The molecule has 6 heteroatoms. The molecule has 0 saturated carbocycles. The molecule has 3 N–H and O–H groups in total. The number of nitrogens with two attached hydrogens (primary N) is 1. The van der Waals surface area contributed by atoms with E-state index in [9.17, 15) is 9.18 Å². The SMILES string of the molecule is Cl.NNC(=O)c1ccc(F)nc1. The first-order chi connectivity index (χ1) is 5.24. The van der Waals surface area contributed by atoms with Gasteiger partial charge in [0.2, 0.25) is 5.95 Å². The average Bonchev–Trinajstić information content (AvgIpc) is 2.05. The molecule has 0 spiro atoms. The Hall–Kier alpha value is -1.20. The van der Waals surface area contributed by atoms with E-state index in [0.29, 0.717) is 0 Å². The fraction of sp³-hybridized carbons (Fsp3) is 0. The Morgan fingerprint density at radius 1 is 1.58 bits per heavy atom. The summed E-state index contributed by atoms with van der Waals surface area (Å²) in [6.45, 7) is 0. The largest absolute Gasteiger partial charge is 0.290 e. The van der Waals surface area contributed by atoms with Crippen LogP contribution in [0.5, 0.6) is 0 Å². The van der Waals surface area contributed by atoms with Gasteiger partial charge in [0.15, 0.2) is 0 Å². The molecule has 0 fully saturated rings. The summed E-state index contributed by atoms with van der Waals surface area (Å²) in [7, 11) is 0. The molecule has 0 saturated heterocycles. The second kappa shape index (κ2) is 4.63. The maximum Gasteiger partial charge on any atom is 0.266 e. The number of halogens is 2. The molecule has 0 aliphatic rings. The van der Waals surface area contributed by atoms with E-state index in [-0.39, 0.29) is 18.0 Å². The summed E-state index contributed by atoms with van der Waals surface area (Å²) in [6, 6.07) is 2.38. The molecular formula is C6H7ClFN3O. The number of nitrogens with one attached hydrogen (secondary N) is 1. The topological polar surface area (TPSA) is 68.0 Å². The molecular weight excluding hydrogens is 185 g/mol. The predicted molar refractivity (Wildman–Crippen MR) is 43.1 cm³/mol. The predicted octanol–water partition coefficient (Wildman–Crippen LogP) is 0.246. The van der Waals surface area contributed by atoms with Gasteiger partial charge in [-0.05, 0) is 12.1 Å². The van der Waals surface area contributed by atoms with Gasteiger partial charge in [-0.25, -0.2) is 10.8 Å². The van der Waals surface area contributed by atoms with Gasteiger partial charge in [-0.15, -0.1) is 12.4 Å². The highest BCUT2D eigenvalue weighted by Gasteiger charge is 2.02. The normalized spacial score (nSPS) is 8.50. The van der Waals surface area contributed by atoms with Crippen molar-refractivity contribution in [1.29, 1.82) is 0 Å². The Balaban J connectivity index is 0.00000121. The monoisotopic (exact) mass is 191 g/mol. The number of nitrogen functional groups attached to an aromatic ring is 1. The number of hydrogen-bond donors (Lipinski definition) is 2. The van der Waals surface area contributed by atoms with Crippen LogP contribution in [0.2, 0.25) is 0 Å². The Bertz CT molecular complexity index is 264. The number of carbonyl (C=O) groups is 1. The van der Waals surface area contributed by atoms with Gasteiger partial charge in [-0.3, -0.25) is 10.2 Å². The van der Waals surface area contributed by atoms with Crippen LogP contribution in [0.25, 0.3) is 0 Å². The van der Waals surface area contributed by atoms with Crippen LogP contribution in [0.4, 0.5) is 4.39 Å². The van der Waals surface area contributed by atoms with E-state index < -0.39 is 11.9 Å². The summed E-state index contributed by atoms with van der Waals surface area (Å²) < 4.78 is 12.2. The molecule has 0 radical (unpaired) electrons. The molecule has 0 aromatic carbocycles. The van der Waals surface area contributed by atoms with Crippen LogP contribution in [-0.4, -0.2) is 10.9 Å². The first kappa shape index (κ1) is 10.8. The molecule has 1 rings (SSSR count). The number of pyridine rings is 1. The van der Waals surface area contributed by atoms with Crippen molar-refractivity contribution in [1.82, 2.24) is 10.4 Å². The quantitative estimate of drug-likeness (QED) is 0.289. The van der Waals surface area contributed by atoms with Crippen LogP contribution < -0.4 is 11.3 Å². The van der Waals surface area contributed by atoms with Gasteiger partial charge in [0, 0.05) is 6.20 Å². The summed E-state index contributed by atoms with van der Waals surface area (Å²) in [6.07, 6.45) is 1.11. The highest BCUT2D eigenvalue weighted by atomic mass is 35.5. The number of amides is 1. The van der Waals surface area contributed by atoms with E-state index in [1.165, 1.54) is 6.07 Å². The van der Waals surface area contributed by atoms with Crippen molar-refractivity contribution in [2.45, 2.75) is 0 Å². The van der Waals surface area contributed by atoms with Crippen molar-refractivity contribution in [3.63, 3.8) is 0 Å². The molecule has 0 unspecified atom stereocenters. The minimum Gasteiger partial charge on any atom is -0.290 e. The zero-order valence-electron chi connectivity index (χ0n) is 5.95. The van der Waals surface area contributed by atoms with Crippen molar-refractivity contribution < 1.29 is 9.18 Å². The molecule has 1 aromatic heterocycles. The zero-order chi connectivity index (χ0) is 8.27. The Morgan fingerprint density at radius 3 is 2.67 bits per heavy atom. The highest BCUT2D eigenvalue weighted by molar-refractivity contribution is 5.93. The summed E-state index contributed by atoms with van der Waals surface area (Å²) in [4.78, 5) is 14.0. The molecule has 66 valence electrons. The van der Waals surface area contributed by atoms with Crippen LogP contribution in [0.3, 0.4) is 0 Å². The van der Waals surface area contributed by atoms with Crippen molar-refractivity contribution in [2.75, 3.05) is 0 Å². The summed E-state index contributed by atoms with van der Waals surface area (Å²) in [5.74, 6) is 3.71. The van der Waals surface area contributed by atoms with Gasteiger partial charge in [-0.2, -0.15) is 4.39 Å². The fourth-order valence-electron chi connectivity index (χ4n) is 0.593. The lowest BCUT2D eigenvalue weighted by Crippen LogP contribution is -2.30. The number of aromatic nitrogens is 1. The molecule has 0 aliphatic carbocycles. The maximum absolute atomic E-state index is 12.2. The molecule has 1 aromatic rings. The van der Waals surface area contributed by atoms with E-state index in [1.807, 2.05) is 5.43 Å². The second-order valence-corrected chi connectivity index (χ2v) is 1.84. The van der Waals surface area contributed by atoms with Gasteiger partial charge in [-0.1, -0.05) is 0 Å². The van der Waals surface area contributed by atoms with Crippen molar-refractivity contribution in [3.05, 3.63) is 29.8 Å². The van der Waals surface area contributed by atoms with Gasteiger partial charge >= 0.3 is 0 Å². The summed E-state index contributed by atoms with van der Waals surface area (Å²) in [5.41, 5.74) is 2.13. The minimum atomic E-state index is -0.626.